The van der Waals surface area contributed by atoms with Crippen molar-refractivity contribution in [1.82, 2.24) is 10.2 Å². The highest BCUT2D eigenvalue weighted by molar-refractivity contribution is 5.32. The summed E-state index contributed by atoms with van der Waals surface area (Å²) < 4.78 is 5.65. The van der Waals surface area contributed by atoms with Crippen molar-refractivity contribution in [2.45, 2.75) is 46.3 Å². The van der Waals surface area contributed by atoms with Gasteiger partial charge in [0.05, 0.1) is 12.7 Å². The number of hydrogen-bond donors (Lipinski definition) is 1. The molecule has 0 amide bonds. The van der Waals surface area contributed by atoms with Crippen LogP contribution in [0.1, 0.15) is 43.0 Å². The Morgan fingerprint density at radius 2 is 2.14 bits per heavy atom. The fourth-order valence-electron chi connectivity index (χ4n) is 2.90. The average molecular weight is 290 g/mol. The van der Waals surface area contributed by atoms with Gasteiger partial charge in [0.15, 0.2) is 0 Å². The van der Waals surface area contributed by atoms with E-state index in [1.54, 1.807) is 0 Å². The molecule has 1 aromatic carbocycles. The molecule has 0 radical (unpaired) electrons. The second-order valence-electron chi connectivity index (χ2n) is 6.29. The van der Waals surface area contributed by atoms with Crippen LogP contribution in [-0.2, 0) is 4.74 Å². The number of benzene rings is 1. The van der Waals surface area contributed by atoms with Crippen molar-refractivity contribution in [3.8, 4) is 0 Å². The summed E-state index contributed by atoms with van der Waals surface area (Å²) in [6.45, 7) is 13.8. The molecule has 1 N–H and O–H groups in total. The van der Waals surface area contributed by atoms with Gasteiger partial charge in [0.2, 0.25) is 0 Å². The summed E-state index contributed by atoms with van der Waals surface area (Å²) in [7, 11) is 0. The van der Waals surface area contributed by atoms with Crippen LogP contribution in [0.15, 0.2) is 18.2 Å². The summed E-state index contributed by atoms with van der Waals surface area (Å²) in [6.07, 6.45) is 1.52. The van der Waals surface area contributed by atoms with E-state index in [9.17, 15) is 0 Å². The van der Waals surface area contributed by atoms with Crippen LogP contribution >= 0.6 is 0 Å². The molecule has 2 rings (SSSR count). The van der Waals surface area contributed by atoms with Gasteiger partial charge in [-0.15, -0.1) is 0 Å². The van der Waals surface area contributed by atoms with Crippen LogP contribution in [0.3, 0.4) is 0 Å². The molecule has 1 aliphatic heterocycles. The molecular formula is C18H30N2O. The molecule has 1 aliphatic rings. The second kappa shape index (κ2) is 7.92. The number of aryl methyl sites for hydroxylation is 2. The number of rotatable bonds is 6. The molecule has 0 aliphatic carbocycles. The Labute approximate surface area is 129 Å². The Hall–Kier alpha value is -0.900. The van der Waals surface area contributed by atoms with E-state index in [1.807, 2.05) is 0 Å². The first kappa shape index (κ1) is 16.5. The second-order valence-corrected chi connectivity index (χ2v) is 6.29. The molecule has 0 saturated carbocycles. The van der Waals surface area contributed by atoms with Gasteiger partial charge in [0.25, 0.3) is 0 Å². The van der Waals surface area contributed by atoms with Crippen LogP contribution in [-0.4, -0.2) is 43.8 Å². The Kier molecular flexibility index (Phi) is 6.22. The highest BCUT2D eigenvalue weighted by Crippen LogP contribution is 2.19. The van der Waals surface area contributed by atoms with Gasteiger partial charge in [0.1, 0.15) is 0 Å². The Morgan fingerprint density at radius 1 is 1.33 bits per heavy atom. The van der Waals surface area contributed by atoms with Gasteiger partial charge in [-0.1, -0.05) is 25.1 Å². The SMILES string of the molecule is CCCNC(CN1CCOC(C)C1)c1ccc(C)c(C)c1. The van der Waals surface area contributed by atoms with Crippen LogP contribution in [0.2, 0.25) is 0 Å². The maximum absolute atomic E-state index is 5.65. The summed E-state index contributed by atoms with van der Waals surface area (Å²) >= 11 is 0. The predicted octanol–water partition coefficient (Wildman–Crippen LogP) is 3.06. The molecule has 118 valence electrons. The van der Waals surface area contributed by atoms with Crippen molar-refractivity contribution in [2.75, 3.05) is 32.8 Å². The molecule has 21 heavy (non-hydrogen) atoms. The van der Waals surface area contributed by atoms with Crippen molar-refractivity contribution in [3.05, 3.63) is 34.9 Å². The molecule has 3 heteroatoms. The number of morpholine rings is 1. The lowest BCUT2D eigenvalue weighted by Crippen LogP contribution is -2.45. The van der Waals surface area contributed by atoms with Gasteiger partial charge >= 0.3 is 0 Å². The van der Waals surface area contributed by atoms with Crippen LogP contribution in [0.4, 0.5) is 0 Å². The summed E-state index contributed by atoms with van der Waals surface area (Å²) in [6, 6.07) is 7.27. The zero-order valence-electron chi connectivity index (χ0n) is 14.0. The van der Waals surface area contributed by atoms with Gasteiger partial charge in [-0.05, 0) is 50.4 Å². The molecule has 3 nitrogen and oxygen atoms in total. The summed E-state index contributed by atoms with van der Waals surface area (Å²) in [5.41, 5.74) is 4.16. The standard InChI is InChI=1S/C18H30N2O/c1-5-8-19-18(13-20-9-10-21-16(4)12-20)17-7-6-14(2)15(3)11-17/h6-7,11,16,18-19H,5,8-10,12-13H2,1-4H3. The van der Waals surface area contributed by atoms with Crippen molar-refractivity contribution in [2.24, 2.45) is 0 Å². The molecule has 2 unspecified atom stereocenters. The third-order valence-electron chi connectivity index (χ3n) is 4.34. The third kappa shape index (κ3) is 4.80. The molecule has 0 bridgehead atoms. The molecular weight excluding hydrogens is 260 g/mol. The Balaban J connectivity index is 2.07. The fraction of sp³-hybridized carbons (Fsp3) is 0.667. The van der Waals surface area contributed by atoms with E-state index >= 15 is 0 Å². The quantitative estimate of drug-likeness (QED) is 0.871. The minimum absolute atomic E-state index is 0.352. The Bertz CT molecular complexity index is 447. The molecule has 1 aromatic rings. The first-order valence-corrected chi connectivity index (χ1v) is 8.24. The molecule has 1 heterocycles. The highest BCUT2D eigenvalue weighted by atomic mass is 16.5. The van der Waals surface area contributed by atoms with Crippen LogP contribution in [0.5, 0.6) is 0 Å². The van der Waals surface area contributed by atoms with E-state index in [1.165, 1.54) is 23.1 Å². The number of nitrogens with zero attached hydrogens (tertiary/aromatic N) is 1. The van der Waals surface area contributed by atoms with Crippen LogP contribution < -0.4 is 5.32 Å². The van der Waals surface area contributed by atoms with Gasteiger partial charge in [-0.2, -0.15) is 0 Å². The van der Waals surface area contributed by atoms with E-state index in [2.05, 4.69) is 56.1 Å². The first-order chi connectivity index (χ1) is 10.1. The van der Waals surface area contributed by atoms with Crippen molar-refractivity contribution < 1.29 is 4.74 Å². The van der Waals surface area contributed by atoms with E-state index in [-0.39, 0.29) is 0 Å². The van der Waals surface area contributed by atoms with Gasteiger partial charge in [-0.3, -0.25) is 4.90 Å². The smallest absolute Gasteiger partial charge is 0.0674 e. The predicted molar refractivity (Wildman–Crippen MR) is 88.8 cm³/mol. The maximum atomic E-state index is 5.65. The zero-order chi connectivity index (χ0) is 15.2. The first-order valence-electron chi connectivity index (χ1n) is 8.24. The minimum atomic E-state index is 0.352. The normalized spacial score (nSPS) is 21.4. The monoisotopic (exact) mass is 290 g/mol. The summed E-state index contributed by atoms with van der Waals surface area (Å²) in [5, 5.41) is 3.71. The van der Waals surface area contributed by atoms with Crippen molar-refractivity contribution in [3.63, 3.8) is 0 Å². The van der Waals surface area contributed by atoms with E-state index in [0.29, 0.717) is 12.1 Å². The maximum Gasteiger partial charge on any atom is 0.0674 e. The van der Waals surface area contributed by atoms with E-state index in [4.69, 9.17) is 4.74 Å². The molecule has 1 fully saturated rings. The van der Waals surface area contributed by atoms with Crippen LogP contribution in [0, 0.1) is 13.8 Å². The largest absolute Gasteiger partial charge is 0.376 e. The lowest BCUT2D eigenvalue weighted by atomic mass is 10.00. The minimum Gasteiger partial charge on any atom is -0.376 e. The summed E-state index contributed by atoms with van der Waals surface area (Å²) in [4.78, 5) is 2.52. The lowest BCUT2D eigenvalue weighted by molar-refractivity contribution is -0.0211. The lowest BCUT2D eigenvalue weighted by Gasteiger charge is -2.34. The zero-order valence-corrected chi connectivity index (χ0v) is 14.0. The Morgan fingerprint density at radius 3 is 2.81 bits per heavy atom. The topological polar surface area (TPSA) is 24.5 Å². The molecule has 0 spiro atoms. The molecule has 0 aromatic heterocycles. The molecule has 2 atom stereocenters. The van der Waals surface area contributed by atoms with E-state index in [0.717, 1.165) is 32.8 Å². The fourth-order valence-corrected chi connectivity index (χ4v) is 2.90. The number of hydrogen-bond acceptors (Lipinski definition) is 3. The van der Waals surface area contributed by atoms with Crippen molar-refractivity contribution in [1.29, 1.82) is 0 Å². The highest BCUT2D eigenvalue weighted by Gasteiger charge is 2.21. The number of nitrogens with one attached hydrogen (secondary N) is 1. The number of ether oxygens (including phenoxy) is 1. The third-order valence-corrected chi connectivity index (χ3v) is 4.34. The average Bonchev–Trinajstić information content (AvgIpc) is 2.46. The molecule has 1 saturated heterocycles. The van der Waals surface area contributed by atoms with Crippen LogP contribution in [0.25, 0.3) is 0 Å². The van der Waals surface area contributed by atoms with Crippen molar-refractivity contribution >= 4 is 0 Å². The van der Waals surface area contributed by atoms with Gasteiger partial charge in [-0.25, -0.2) is 0 Å². The van der Waals surface area contributed by atoms with Gasteiger partial charge in [0, 0.05) is 25.7 Å². The summed E-state index contributed by atoms with van der Waals surface area (Å²) in [5.74, 6) is 0. The van der Waals surface area contributed by atoms with Gasteiger partial charge < -0.3 is 10.1 Å². The van der Waals surface area contributed by atoms with E-state index < -0.39 is 0 Å².